The molecule has 0 aliphatic heterocycles. The molecule has 2 nitrogen and oxygen atoms in total. The molecule has 0 rings (SSSR count). The van der Waals surface area contributed by atoms with E-state index in [9.17, 15) is 4.79 Å². The summed E-state index contributed by atoms with van der Waals surface area (Å²) in [6, 6.07) is 0. The van der Waals surface area contributed by atoms with Crippen LogP contribution < -0.4 is 0 Å². The first kappa shape index (κ1) is 17.5. The SMILES string of the molecule is CCCCCCC(C)(BC(=O)O)CCCCCC. The van der Waals surface area contributed by atoms with Crippen molar-refractivity contribution in [2.45, 2.75) is 90.3 Å². The molecular formula is C15H31BO2. The lowest BCUT2D eigenvalue weighted by Crippen LogP contribution is -2.23. The van der Waals surface area contributed by atoms with Crippen molar-refractivity contribution in [1.82, 2.24) is 0 Å². The molecule has 0 spiro atoms. The van der Waals surface area contributed by atoms with Crippen LogP contribution in [-0.2, 0) is 0 Å². The maximum absolute atomic E-state index is 11.0. The van der Waals surface area contributed by atoms with E-state index >= 15 is 0 Å². The van der Waals surface area contributed by atoms with Crippen molar-refractivity contribution in [3.05, 3.63) is 0 Å². The van der Waals surface area contributed by atoms with Gasteiger partial charge in [0.2, 0.25) is 5.87 Å². The number of carboxylic acid groups (broad SMARTS) is 1. The van der Waals surface area contributed by atoms with Crippen molar-refractivity contribution in [2.75, 3.05) is 0 Å². The molecule has 0 fully saturated rings. The molecule has 106 valence electrons. The Hall–Kier alpha value is -0.465. The van der Waals surface area contributed by atoms with Gasteiger partial charge < -0.3 is 5.11 Å². The molecule has 1 N–H and O–H groups in total. The molecule has 0 radical (unpaired) electrons. The fourth-order valence-electron chi connectivity index (χ4n) is 2.62. The van der Waals surface area contributed by atoms with Crippen LogP contribution in [0.15, 0.2) is 0 Å². The van der Waals surface area contributed by atoms with Crippen LogP contribution in [0.1, 0.15) is 85.0 Å². The van der Waals surface area contributed by atoms with Gasteiger partial charge in [0.15, 0.2) is 0 Å². The zero-order chi connectivity index (χ0) is 13.9. The van der Waals surface area contributed by atoms with Gasteiger partial charge >= 0.3 is 0 Å². The lowest BCUT2D eigenvalue weighted by molar-refractivity contribution is 0.218. The lowest BCUT2D eigenvalue weighted by Gasteiger charge is -2.27. The van der Waals surface area contributed by atoms with E-state index in [2.05, 4.69) is 20.8 Å². The van der Waals surface area contributed by atoms with Crippen LogP contribution in [0, 0.1) is 0 Å². The van der Waals surface area contributed by atoms with Gasteiger partial charge in [0.25, 0.3) is 7.28 Å². The monoisotopic (exact) mass is 254 g/mol. The Morgan fingerprint density at radius 1 is 0.944 bits per heavy atom. The summed E-state index contributed by atoms with van der Waals surface area (Å²) in [6.45, 7) is 6.58. The fraction of sp³-hybridized carbons (Fsp3) is 0.933. The molecule has 0 heterocycles. The molecule has 0 amide bonds. The van der Waals surface area contributed by atoms with Gasteiger partial charge in [0.05, 0.1) is 0 Å². The van der Waals surface area contributed by atoms with Crippen molar-refractivity contribution in [3.63, 3.8) is 0 Å². The largest absolute Gasteiger partial charge is 0.489 e. The Balaban J connectivity index is 4.03. The second-order valence-electron chi connectivity index (χ2n) is 6.00. The summed E-state index contributed by atoms with van der Waals surface area (Å²) in [5.41, 5.74) is 0. The van der Waals surface area contributed by atoms with Crippen molar-refractivity contribution in [1.29, 1.82) is 0 Å². The van der Waals surface area contributed by atoms with Crippen LogP contribution >= 0.6 is 0 Å². The van der Waals surface area contributed by atoms with Gasteiger partial charge in [-0.15, -0.1) is 0 Å². The Morgan fingerprint density at radius 3 is 1.72 bits per heavy atom. The van der Waals surface area contributed by atoms with E-state index in [1.54, 1.807) is 0 Å². The van der Waals surface area contributed by atoms with Crippen molar-refractivity contribution in [2.24, 2.45) is 0 Å². The average molecular weight is 254 g/mol. The number of unbranched alkanes of at least 4 members (excludes halogenated alkanes) is 6. The Kier molecular flexibility index (Phi) is 10.2. The summed E-state index contributed by atoms with van der Waals surface area (Å²) in [7, 11) is 0.339. The Labute approximate surface area is 114 Å². The van der Waals surface area contributed by atoms with Gasteiger partial charge in [-0.1, -0.05) is 85.0 Å². The van der Waals surface area contributed by atoms with Gasteiger partial charge in [-0.2, -0.15) is 0 Å². The maximum Gasteiger partial charge on any atom is 0.266 e. The number of carbonyl (C=O) groups is 1. The summed E-state index contributed by atoms with van der Waals surface area (Å²) >= 11 is 0. The van der Waals surface area contributed by atoms with E-state index in [4.69, 9.17) is 5.11 Å². The molecule has 0 saturated heterocycles. The van der Waals surface area contributed by atoms with Gasteiger partial charge in [0.1, 0.15) is 0 Å². The van der Waals surface area contributed by atoms with E-state index < -0.39 is 5.87 Å². The molecule has 0 aliphatic carbocycles. The van der Waals surface area contributed by atoms with Gasteiger partial charge in [-0.05, 0) is 5.31 Å². The molecule has 0 atom stereocenters. The standard InChI is InChI=1S/C15H31BO2/c1-4-6-8-10-12-15(3,16-14(17)18)13-11-9-7-5-2/h16H,4-13H2,1-3H3,(H,17,18). The minimum atomic E-state index is -0.636. The third kappa shape index (κ3) is 9.55. The molecule has 0 aromatic carbocycles. The quantitative estimate of drug-likeness (QED) is 0.383. The number of rotatable bonds is 12. The second-order valence-corrected chi connectivity index (χ2v) is 6.00. The topological polar surface area (TPSA) is 37.3 Å². The number of hydrogen-bond acceptors (Lipinski definition) is 1. The van der Waals surface area contributed by atoms with Gasteiger partial charge in [-0.3, -0.25) is 4.79 Å². The molecule has 0 bridgehead atoms. The van der Waals surface area contributed by atoms with Crippen molar-refractivity contribution < 1.29 is 9.90 Å². The van der Waals surface area contributed by atoms with E-state index in [0.717, 1.165) is 12.8 Å². The zero-order valence-electron chi connectivity index (χ0n) is 12.6. The first-order chi connectivity index (χ1) is 8.54. The molecule has 0 aliphatic rings. The predicted molar refractivity (Wildman–Crippen MR) is 81.1 cm³/mol. The van der Waals surface area contributed by atoms with Crippen LogP contribution in [0.25, 0.3) is 0 Å². The zero-order valence-corrected chi connectivity index (χ0v) is 12.6. The first-order valence-corrected chi connectivity index (χ1v) is 7.76. The highest BCUT2D eigenvalue weighted by molar-refractivity contribution is 6.73. The van der Waals surface area contributed by atoms with E-state index in [1.165, 1.54) is 51.4 Å². The summed E-state index contributed by atoms with van der Waals surface area (Å²) in [4.78, 5) is 11.0. The summed E-state index contributed by atoms with van der Waals surface area (Å²) < 4.78 is 0. The molecule has 0 unspecified atom stereocenters. The van der Waals surface area contributed by atoms with Crippen LogP contribution in [-0.4, -0.2) is 18.3 Å². The molecular weight excluding hydrogens is 223 g/mol. The lowest BCUT2D eigenvalue weighted by atomic mass is 9.49. The second kappa shape index (κ2) is 10.5. The van der Waals surface area contributed by atoms with E-state index in [1.807, 2.05) is 0 Å². The van der Waals surface area contributed by atoms with Crippen LogP contribution in [0.5, 0.6) is 0 Å². The summed E-state index contributed by atoms with van der Waals surface area (Å²) in [5.74, 6) is -0.636. The molecule has 0 saturated carbocycles. The minimum Gasteiger partial charge on any atom is -0.489 e. The van der Waals surface area contributed by atoms with Crippen molar-refractivity contribution >= 4 is 13.1 Å². The van der Waals surface area contributed by atoms with Gasteiger partial charge in [0, 0.05) is 0 Å². The Morgan fingerprint density at radius 2 is 1.39 bits per heavy atom. The van der Waals surface area contributed by atoms with Crippen molar-refractivity contribution in [3.8, 4) is 0 Å². The maximum atomic E-state index is 11.0. The highest BCUT2D eigenvalue weighted by Crippen LogP contribution is 2.37. The third-order valence-electron chi connectivity index (χ3n) is 3.85. The Bertz CT molecular complexity index is 205. The fourth-order valence-corrected chi connectivity index (χ4v) is 2.62. The average Bonchev–Trinajstić information content (AvgIpc) is 2.30. The van der Waals surface area contributed by atoms with Crippen LogP contribution in [0.3, 0.4) is 0 Å². The van der Waals surface area contributed by atoms with Crippen LogP contribution in [0.2, 0.25) is 5.31 Å². The van der Waals surface area contributed by atoms with E-state index in [0.29, 0.717) is 7.28 Å². The highest BCUT2D eigenvalue weighted by atomic mass is 16.4. The van der Waals surface area contributed by atoms with Crippen LogP contribution in [0.4, 0.5) is 4.79 Å². The normalized spacial score (nSPS) is 11.5. The molecule has 0 aromatic rings. The number of hydrogen-bond donors (Lipinski definition) is 1. The summed E-state index contributed by atoms with van der Waals surface area (Å²) in [5, 5.41) is 9.08. The molecule has 0 aromatic heterocycles. The minimum absolute atomic E-state index is 0.0211. The predicted octanol–water partition coefficient (Wildman–Crippen LogP) is 5.22. The molecule has 18 heavy (non-hydrogen) atoms. The smallest absolute Gasteiger partial charge is 0.266 e. The van der Waals surface area contributed by atoms with E-state index in [-0.39, 0.29) is 5.31 Å². The molecule has 3 heteroatoms. The first-order valence-electron chi connectivity index (χ1n) is 7.76. The summed E-state index contributed by atoms with van der Waals surface area (Å²) in [6.07, 6.45) is 12.1. The highest BCUT2D eigenvalue weighted by Gasteiger charge is 2.28. The van der Waals surface area contributed by atoms with Gasteiger partial charge in [-0.25, -0.2) is 0 Å². The third-order valence-corrected chi connectivity index (χ3v) is 3.85.